The third-order valence-electron chi connectivity index (χ3n) is 19.0. The van der Waals surface area contributed by atoms with Crippen LogP contribution in [0.1, 0.15) is 213 Å². The lowest BCUT2D eigenvalue weighted by Crippen LogP contribution is -2.43. The molecule has 1 saturated heterocycles. The van der Waals surface area contributed by atoms with Crippen molar-refractivity contribution in [3.8, 4) is 34.8 Å². The van der Waals surface area contributed by atoms with Crippen LogP contribution in [0.2, 0.25) is 39.3 Å². The summed E-state index contributed by atoms with van der Waals surface area (Å²) >= 11 is 0. The molecule has 6 nitrogen and oxygen atoms in total. The second kappa shape index (κ2) is 28.4. The van der Waals surface area contributed by atoms with Crippen molar-refractivity contribution < 1.29 is 32.1 Å². The molecule has 0 amide bonds. The van der Waals surface area contributed by atoms with Gasteiger partial charge in [0.2, 0.25) is 0 Å². The topological polar surface area (TPSA) is 71.1 Å². The summed E-state index contributed by atoms with van der Waals surface area (Å²) in [7, 11) is -3.75. The number of halogens is 1. The zero-order valence-electron chi connectivity index (χ0n) is 55.7. The van der Waals surface area contributed by atoms with E-state index in [0.29, 0.717) is 6.42 Å². The van der Waals surface area contributed by atoms with Crippen LogP contribution < -0.4 is 5.46 Å². The molecule has 3 aliphatic rings. The molecule has 85 heavy (non-hydrogen) atoms. The largest absolute Gasteiger partial charge is 0.495 e. The Morgan fingerprint density at radius 1 is 0.518 bits per heavy atom. The van der Waals surface area contributed by atoms with E-state index >= 15 is 0 Å². The average molecular weight is 1190 g/mol. The van der Waals surface area contributed by atoms with Crippen molar-refractivity contribution in [1.29, 1.82) is 0 Å². The Labute approximate surface area is 516 Å². The summed E-state index contributed by atoms with van der Waals surface area (Å²) in [5.74, 6) is 14.3. The van der Waals surface area contributed by atoms with Crippen LogP contribution in [-0.2, 0) is 45.0 Å². The number of aryl methyl sites for hydroxylation is 5. The average Bonchev–Trinajstić information content (AvgIpc) is 2.07. The Morgan fingerprint density at radius 2 is 0.894 bits per heavy atom. The van der Waals surface area contributed by atoms with Gasteiger partial charge >= 0.3 is 13.3 Å². The van der Waals surface area contributed by atoms with Gasteiger partial charge in [-0.2, -0.15) is 9.59 Å². The molecule has 2 aliphatic carbocycles. The van der Waals surface area contributed by atoms with Crippen LogP contribution in [0.5, 0.6) is 0 Å². The maximum Gasteiger partial charge on any atom is 0.495 e. The minimum atomic E-state index is -1.71. The van der Waals surface area contributed by atoms with E-state index in [2.05, 4.69) is 219 Å². The second-order valence-electron chi connectivity index (χ2n) is 27.6. The lowest BCUT2D eigenvalue weighted by Gasteiger charge is -2.38. The molecule has 5 aromatic rings. The maximum atomic E-state index is 14.6. The Morgan fingerprint density at radius 3 is 1.24 bits per heavy atom. The molecule has 5 aromatic carbocycles. The van der Waals surface area contributed by atoms with Crippen molar-refractivity contribution in [1.82, 2.24) is 0 Å². The van der Waals surface area contributed by atoms with Gasteiger partial charge in [0.25, 0.3) is 0 Å². The highest BCUT2D eigenvalue weighted by Gasteiger charge is 2.52. The van der Waals surface area contributed by atoms with Gasteiger partial charge in [-0.05, 0) is 257 Å². The standard InChI is InChI=1S/C38H49FOSi.C36H53BO3Si.CO2/c1-9-30-15-16-32(27-36(30)39)35-20-19-34(26-29(35)5)38(10-2,11-3)33-18-17-31(28(4)25-33)21-24-37(40-41(6,7)8)22-13-12-14-23-37;1-12-36(13-2,31-19-20-32(28(4)26-31)37-38-33(5,6)34(7,8)39-37)30-18-17-29(27(3)25-30)21-24-35(40-41(9,10)11)22-15-14-16-23-35;2-1-3/h15-20,25-27H,9-14,22-23H2,1-8H3;17-20,25-26H,12-16,22-23H2,1-11H3;. The summed E-state index contributed by atoms with van der Waals surface area (Å²) in [6.07, 6.45) is 16.6. The van der Waals surface area contributed by atoms with E-state index in [1.165, 1.54) is 83.0 Å². The summed E-state index contributed by atoms with van der Waals surface area (Å²) in [6, 6.07) is 33.1. The van der Waals surface area contributed by atoms with Crippen molar-refractivity contribution in [2.45, 2.75) is 259 Å². The van der Waals surface area contributed by atoms with Gasteiger partial charge in [0, 0.05) is 22.0 Å². The van der Waals surface area contributed by atoms with E-state index in [0.717, 1.165) is 84.6 Å². The van der Waals surface area contributed by atoms with Crippen LogP contribution >= 0.6 is 0 Å². The molecule has 0 spiro atoms. The van der Waals surface area contributed by atoms with Gasteiger partial charge in [-0.3, -0.25) is 0 Å². The predicted octanol–water partition coefficient (Wildman–Crippen LogP) is 18.7. The van der Waals surface area contributed by atoms with Crippen LogP contribution in [0.4, 0.5) is 4.39 Å². The molecule has 0 aromatic heterocycles. The number of benzene rings is 5. The molecule has 10 heteroatoms. The summed E-state index contributed by atoms with van der Waals surface area (Å²) < 4.78 is 40.8. The fourth-order valence-electron chi connectivity index (χ4n) is 13.4. The highest BCUT2D eigenvalue weighted by molar-refractivity contribution is 6.70. The normalized spacial score (nSPS) is 17.2. The molecule has 0 unspecified atom stereocenters. The second-order valence-corrected chi connectivity index (χ2v) is 36.5. The van der Waals surface area contributed by atoms with E-state index in [4.69, 9.17) is 27.7 Å². The lowest BCUT2D eigenvalue weighted by atomic mass is 9.68. The van der Waals surface area contributed by atoms with Crippen LogP contribution in [-0.4, -0.2) is 52.3 Å². The van der Waals surface area contributed by atoms with Gasteiger partial charge in [-0.1, -0.05) is 150 Å². The number of hydrogen-bond acceptors (Lipinski definition) is 6. The van der Waals surface area contributed by atoms with Gasteiger partial charge in [-0.15, -0.1) is 0 Å². The predicted molar refractivity (Wildman–Crippen MR) is 357 cm³/mol. The molecule has 0 N–H and O–H groups in total. The Hall–Kier alpha value is -5.13. The molecule has 3 fully saturated rings. The van der Waals surface area contributed by atoms with Gasteiger partial charge < -0.3 is 18.2 Å². The van der Waals surface area contributed by atoms with E-state index in [1.807, 2.05) is 19.1 Å². The fourth-order valence-corrected chi connectivity index (χ4v) is 16.3. The van der Waals surface area contributed by atoms with E-state index in [9.17, 15) is 4.39 Å². The first-order valence-electron chi connectivity index (χ1n) is 32.0. The van der Waals surface area contributed by atoms with Crippen LogP contribution in [0.3, 0.4) is 0 Å². The van der Waals surface area contributed by atoms with Crippen LogP contribution in [0, 0.1) is 57.2 Å². The number of rotatable bonds is 15. The van der Waals surface area contributed by atoms with Crippen molar-refractivity contribution in [2.24, 2.45) is 0 Å². The third kappa shape index (κ3) is 16.3. The maximum absolute atomic E-state index is 14.6. The minimum absolute atomic E-state index is 0.0680. The lowest BCUT2D eigenvalue weighted by molar-refractivity contribution is -0.191. The quantitative estimate of drug-likeness (QED) is 0.0768. The van der Waals surface area contributed by atoms with Gasteiger partial charge in [-0.25, -0.2) is 4.39 Å². The fraction of sp³-hybridized carbons (Fsp3) is 0.533. The molecule has 1 heterocycles. The first kappa shape index (κ1) is 69.0. The van der Waals surface area contributed by atoms with Crippen molar-refractivity contribution in [3.63, 3.8) is 0 Å². The smallest absolute Gasteiger partial charge is 0.402 e. The van der Waals surface area contributed by atoms with Crippen LogP contribution in [0.15, 0.2) is 91.0 Å². The molecule has 0 radical (unpaired) electrons. The Bertz CT molecular complexity index is 3240. The van der Waals surface area contributed by atoms with E-state index < -0.39 is 16.6 Å². The van der Waals surface area contributed by atoms with Crippen molar-refractivity contribution >= 4 is 35.4 Å². The highest BCUT2D eigenvalue weighted by atomic mass is 28.4. The van der Waals surface area contributed by atoms with Crippen molar-refractivity contribution in [2.75, 3.05) is 0 Å². The first-order valence-corrected chi connectivity index (χ1v) is 38.8. The molecule has 1 aliphatic heterocycles. The Kier molecular flexibility index (Phi) is 23.0. The van der Waals surface area contributed by atoms with Crippen molar-refractivity contribution in [3.05, 3.63) is 158 Å². The van der Waals surface area contributed by atoms with E-state index in [-0.39, 0.29) is 52.3 Å². The SMILES string of the molecule is CCC(CC)(c1ccc(C#CC2(O[Si](C)(C)C)CCCCC2)c(C)c1)c1ccc(B2OC(C)(C)C(C)(C)O2)c(C)c1.CCc1ccc(-c2ccc(C(CC)(CC)c3ccc(C#CC4(O[Si](C)(C)C)CCCCC4)c(C)c3)cc2C)cc1F.O=C=O. The summed E-state index contributed by atoms with van der Waals surface area (Å²) in [5.41, 5.74) is 14.9. The van der Waals surface area contributed by atoms with E-state index in [1.54, 1.807) is 6.07 Å². The first-order chi connectivity index (χ1) is 39.9. The molecular weight excluding hydrogens is 1080 g/mol. The van der Waals surface area contributed by atoms with Gasteiger partial charge in [0.15, 0.2) is 16.6 Å². The zero-order valence-corrected chi connectivity index (χ0v) is 57.7. The van der Waals surface area contributed by atoms with Crippen LogP contribution in [0.25, 0.3) is 11.1 Å². The molecule has 0 bridgehead atoms. The molecule has 0 atom stereocenters. The molecular formula is C75H102BFO6Si2. The summed E-state index contributed by atoms with van der Waals surface area (Å²) in [6.45, 7) is 42.0. The zero-order chi connectivity index (χ0) is 62.8. The summed E-state index contributed by atoms with van der Waals surface area (Å²) in [4.78, 5) is 16.2. The summed E-state index contributed by atoms with van der Waals surface area (Å²) in [5, 5.41) is 0. The highest BCUT2D eigenvalue weighted by Crippen LogP contribution is 2.44. The molecule has 456 valence electrons. The monoisotopic (exact) mass is 1180 g/mol. The number of carbonyl (C=O) groups excluding carboxylic acids is 2. The molecule has 8 rings (SSSR count). The number of hydrogen-bond donors (Lipinski definition) is 0. The molecule has 2 saturated carbocycles. The minimum Gasteiger partial charge on any atom is -0.402 e. The van der Waals surface area contributed by atoms with Gasteiger partial charge in [0.1, 0.15) is 17.0 Å². The Balaban J connectivity index is 0.000000260. The third-order valence-corrected chi connectivity index (χ3v) is 21.0. The van der Waals surface area contributed by atoms with Gasteiger partial charge in [0.05, 0.1) is 11.2 Å².